The minimum Gasteiger partial charge on any atom is -0.0991 e. The summed E-state index contributed by atoms with van der Waals surface area (Å²) in [6.07, 6.45) is 30.9. The van der Waals surface area contributed by atoms with Crippen molar-refractivity contribution in [3.63, 3.8) is 0 Å². The second-order valence-corrected chi connectivity index (χ2v) is 7.31. The van der Waals surface area contributed by atoms with Crippen molar-refractivity contribution < 1.29 is 0 Å². The number of rotatable bonds is 11. The molecule has 0 spiro atoms. The van der Waals surface area contributed by atoms with Gasteiger partial charge in [0.15, 0.2) is 0 Å². The molecule has 2 unspecified atom stereocenters. The average Bonchev–Trinajstić information content (AvgIpc) is 2.65. The van der Waals surface area contributed by atoms with Gasteiger partial charge in [0.2, 0.25) is 0 Å². The summed E-state index contributed by atoms with van der Waals surface area (Å²) in [7, 11) is 0. The molecule has 0 heterocycles. The summed E-state index contributed by atoms with van der Waals surface area (Å²) in [6, 6.07) is 0. The number of hydrogen-bond donors (Lipinski definition) is 0. The minimum atomic E-state index is 0.592. The summed E-state index contributed by atoms with van der Waals surface area (Å²) in [5, 5.41) is 0. The van der Waals surface area contributed by atoms with Crippen LogP contribution in [0.3, 0.4) is 0 Å². The Balaban J connectivity index is 2.80. The van der Waals surface area contributed by atoms with E-state index in [9.17, 15) is 0 Å². The average molecular weight is 361 g/mol. The molecule has 0 bridgehead atoms. The smallest absolute Gasteiger partial charge is 0.0221 e. The Morgan fingerprint density at radius 3 is 2.67 bits per heavy atom. The predicted molar refractivity (Wildman–Crippen MR) is 124 cm³/mol. The van der Waals surface area contributed by atoms with Crippen molar-refractivity contribution in [1.82, 2.24) is 0 Å². The lowest BCUT2D eigenvalue weighted by molar-refractivity contribution is 0.490. The van der Waals surface area contributed by atoms with Crippen molar-refractivity contribution >= 4 is 0 Å². The molecule has 0 radical (unpaired) electrons. The summed E-state index contributed by atoms with van der Waals surface area (Å²) in [6.45, 7) is 16.0. The highest BCUT2D eigenvalue weighted by Crippen LogP contribution is 2.26. The van der Waals surface area contributed by atoms with E-state index in [4.69, 9.17) is 0 Å². The van der Waals surface area contributed by atoms with Crippen LogP contribution in [0.25, 0.3) is 0 Å². The summed E-state index contributed by atoms with van der Waals surface area (Å²) < 4.78 is 0. The fourth-order valence-electron chi connectivity index (χ4n) is 3.20. The molecule has 1 rings (SSSR count). The summed E-state index contributed by atoms with van der Waals surface area (Å²) in [5.74, 6) is 1.20. The highest BCUT2D eigenvalue weighted by atomic mass is 14.2. The minimum absolute atomic E-state index is 0.592. The molecule has 0 amide bonds. The van der Waals surface area contributed by atoms with Gasteiger partial charge in [-0.3, -0.25) is 0 Å². The van der Waals surface area contributed by atoms with Gasteiger partial charge in [-0.1, -0.05) is 111 Å². The molecule has 1 aliphatic carbocycles. The topological polar surface area (TPSA) is 0 Å². The van der Waals surface area contributed by atoms with E-state index in [1.165, 1.54) is 23.1 Å². The van der Waals surface area contributed by atoms with Crippen molar-refractivity contribution in [2.24, 2.45) is 11.8 Å². The zero-order valence-corrected chi connectivity index (χ0v) is 17.2. The third-order valence-corrected chi connectivity index (χ3v) is 4.79. The van der Waals surface area contributed by atoms with Crippen LogP contribution in [0, 0.1) is 11.8 Å². The molecular weight excluding hydrogens is 324 g/mol. The van der Waals surface area contributed by atoms with Gasteiger partial charge in [-0.05, 0) is 56.4 Å². The van der Waals surface area contributed by atoms with E-state index in [-0.39, 0.29) is 0 Å². The number of allylic oxidation sites excluding steroid dienone is 15. The molecule has 0 N–H and O–H groups in total. The van der Waals surface area contributed by atoms with E-state index in [2.05, 4.69) is 76.1 Å². The Bertz CT molecular complexity index is 658. The van der Waals surface area contributed by atoms with Crippen LogP contribution in [0.2, 0.25) is 0 Å². The third-order valence-electron chi connectivity index (χ3n) is 4.79. The van der Waals surface area contributed by atoms with Crippen LogP contribution in [0.5, 0.6) is 0 Å². The number of hydrogen-bond acceptors (Lipinski definition) is 0. The molecule has 0 aromatic carbocycles. The van der Waals surface area contributed by atoms with E-state index < -0.39 is 0 Å². The van der Waals surface area contributed by atoms with Gasteiger partial charge >= 0.3 is 0 Å². The molecule has 2 atom stereocenters. The zero-order valence-electron chi connectivity index (χ0n) is 17.2. The first-order valence-electron chi connectivity index (χ1n) is 10.0. The molecule has 1 aliphatic rings. The molecule has 0 saturated carbocycles. The first-order chi connectivity index (χ1) is 13.1. The third kappa shape index (κ3) is 10.4. The molecule has 0 saturated heterocycles. The zero-order chi connectivity index (χ0) is 19.9. The van der Waals surface area contributed by atoms with Gasteiger partial charge in [-0.15, -0.1) is 0 Å². The first-order valence-corrected chi connectivity index (χ1v) is 10.0. The van der Waals surface area contributed by atoms with Crippen molar-refractivity contribution in [3.8, 4) is 0 Å². The van der Waals surface area contributed by atoms with E-state index in [0.717, 1.165) is 25.7 Å². The van der Waals surface area contributed by atoms with Gasteiger partial charge in [0.1, 0.15) is 0 Å². The van der Waals surface area contributed by atoms with Crippen molar-refractivity contribution in [2.45, 2.75) is 46.0 Å². The lowest BCUT2D eigenvalue weighted by Crippen LogP contribution is -2.02. The van der Waals surface area contributed by atoms with Crippen LogP contribution in [0.1, 0.15) is 46.0 Å². The Kier molecular flexibility index (Phi) is 11.6. The highest BCUT2D eigenvalue weighted by molar-refractivity contribution is 5.29. The van der Waals surface area contributed by atoms with E-state index >= 15 is 0 Å². The Morgan fingerprint density at radius 2 is 1.96 bits per heavy atom. The fraction of sp³-hybridized carbons (Fsp3) is 0.333. The second-order valence-electron chi connectivity index (χ2n) is 7.31. The Hall–Kier alpha value is -2.34. The quantitative estimate of drug-likeness (QED) is 0.325. The van der Waals surface area contributed by atoms with Gasteiger partial charge < -0.3 is 0 Å². The van der Waals surface area contributed by atoms with Crippen LogP contribution < -0.4 is 0 Å². The maximum absolute atomic E-state index is 3.96. The fourth-order valence-corrected chi connectivity index (χ4v) is 3.20. The second kappa shape index (κ2) is 13.8. The van der Waals surface area contributed by atoms with E-state index in [0.29, 0.717) is 11.8 Å². The SMILES string of the molecule is C=C/C=C\C=C/CC(CCC1=C/C(C)C/C=C(C)/C=C\1)C/C(C=C)=C/C=C. The molecule has 0 aromatic heterocycles. The highest BCUT2D eigenvalue weighted by Gasteiger charge is 2.11. The van der Waals surface area contributed by atoms with E-state index in [1.54, 1.807) is 6.08 Å². The normalized spacial score (nSPS) is 24.4. The maximum atomic E-state index is 3.96. The van der Waals surface area contributed by atoms with Gasteiger partial charge in [-0.2, -0.15) is 0 Å². The maximum Gasteiger partial charge on any atom is -0.0221 e. The lowest BCUT2D eigenvalue weighted by atomic mass is 9.88. The molecule has 0 fully saturated rings. The van der Waals surface area contributed by atoms with Gasteiger partial charge in [0, 0.05) is 0 Å². The van der Waals surface area contributed by atoms with Gasteiger partial charge in [-0.25, -0.2) is 0 Å². The summed E-state index contributed by atoms with van der Waals surface area (Å²) in [5.41, 5.74) is 4.09. The van der Waals surface area contributed by atoms with Gasteiger partial charge in [0.25, 0.3) is 0 Å². The van der Waals surface area contributed by atoms with E-state index in [1.807, 2.05) is 24.3 Å². The summed E-state index contributed by atoms with van der Waals surface area (Å²) in [4.78, 5) is 0. The van der Waals surface area contributed by atoms with Crippen LogP contribution in [0.15, 0.2) is 109 Å². The van der Waals surface area contributed by atoms with Crippen LogP contribution in [-0.4, -0.2) is 0 Å². The largest absolute Gasteiger partial charge is 0.0991 e. The molecule has 0 nitrogen and oxygen atoms in total. The van der Waals surface area contributed by atoms with Crippen LogP contribution in [-0.2, 0) is 0 Å². The molecule has 0 aromatic rings. The molecule has 0 heteroatoms. The van der Waals surface area contributed by atoms with Crippen LogP contribution in [0.4, 0.5) is 0 Å². The Morgan fingerprint density at radius 1 is 1.15 bits per heavy atom. The van der Waals surface area contributed by atoms with Crippen molar-refractivity contribution in [2.75, 3.05) is 0 Å². The molecular formula is C27H36. The predicted octanol–water partition coefficient (Wildman–Crippen LogP) is 8.23. The molecule has 0 aliphatic heterocycles. The monoisotopic (exact) mass is 360 g/mol. The molecule has 144 valence electrons. The Labute approximate surface area is 167 Å². The first kappa shape index (κ1) is 22.7. The lowest BCUT2D eigenvalue weighted by Gasteiger charge is -2.17. The van der Waals surface area contributed by atoms with Crippen LogP contribution >= 0.6 is 0 Å². The van der Waals surface area contributed by atoms with Crippen molar-refractivity contribution in [3.05, 3.63) is 109 Å². The summed E-state index contributed by atoms with van der Waals surface area (Å²) >= 11 is 0. The van der Waals surface area contributed by atoms with Gasteiger partial charge in [0.05, 0.1) is 0 Å². The van der Waals surface area contributed by atoms with Crippen molar-refractivity contribution in [1.29, 1.82) is 0 Å². The molecule has 27 heavy (non-hydrogen) atoms. The standard InChI is InChI=1S/C27H36/c1-6-9-10-11-12-14-26(22-25(8-3)13-7-2)19-20-27-18-17-23(4)15-16-24(5)21-27/h6-13,15,17-18,21,24,26H,1-3,14,16,19-20,22H2,4-5H3/b10-9-,12-11-,18-17-,23-15+,25-13+,27-21+.